The number of nitrogens with zero attached hydrogens (tertiary/aromatic N) is 1. The number of ether oxygens (including phenoxy) is 1. The van der Waals surface area contributed by atoms with Crippen LogP contribution in [0, 0.1) is 5.82 Å². The molecule has 2 unspecified atom stereocenters. The standard InChI is InChI=1S/C22H26FNO3/c1-2-13-24-18(10-12-22(24)26)9-11-21(25)16-5-3-7-19(14-16)27-20-8-4-6-17(23)15-20/h3-8,14-15,18,21,25H,2,9-13H2,1H3. The van der Waals surface area contributed by atoms with Crippen molar-refractivity contribution in [3.63, 3.8) is 0 Å². The molecule has 2 aromatic carbocycles. The largest absolute Gasteiger partial charge is 0.457 e. The molecule has 4 nitrogen and oxygen atoms in total. The fourth-order valence-corrected chi connectivity index (χ4v) is 3.61. The Morgan fingerprint density at radius 2 is 1.96 bits per heavy atom. The first-order chi connectivity index (χ1) is 13.1. The smallest absolute Gasteiger partial charge is 0.222 e. The minimum Gasteiger partial charge on any atom is -0.457 e. The topological polar surface area (TPSA) is 49.8 Å². The molecule has 1 aliphatic rings. The summed E-state index contributed by atoms with van der Waals surface area (Å²) in [5.74, 6) is 0.843. The summed E-state index contributed by atoms with van der Waals surface area (Å²) in [5.41, 5.74) is 0.760. The van der Waals surface area contributed by atoms with E-state index in [4.69, 9.17) is 4.74 Å². The molecular weight excluding hydrogens is 345 g/mol. The van der Waals surface area contributed by atoms with Gasteiger partial charge in [0.15, 0.2) is 0 Å². The molecule has 1 saturated heterocycles. The van der Waals surface area contributed by atoms with Gasteiger partial charge >= 0.3 is 0 Å². The fourth-order valence-electron chi connectivity index (χ4n) is 3.61. The number of aliphatic hydroxyl groups excluding tert-OH is 1. The van der Waals surface area contributed by atoms with Crippen LogP contribution in [0.1, 0.15) is 50.7 Å². The maximum atomic E-state index is 13.3. The van der Waals surface area contributed by atoms with Crippen LogP contribution >= 0.6 is 0 Å². The Morgan fingerprint density at radius 3 is 2.70 bits per heavy atom. The lowest BCUT2D eigenvalue weighted by atomic mass is 10.0. The van der Waals surface area contributed by atoms with E-state index < -0.39 is 6.10 Å². The normalized spacial score (nSPS) is 18.0. The number of hydrogen-bond donors (Lipinski definition) is 1. The summed E-state index contributed by atoms with van der Waals surface area (Å²) in [6.45, 7) is 2.86. The van der Waals surface area contributed by atoms with Gasteiger partial charge in [0.05, 0.1) is 6.10 Å². The highest BCUT2D eigenvalue weighted by molar-refractivity contribution is 5.78. The van der Waals surface area contributed by atoms with Crippen molar-refractivity contribution in [2.45, 2.75) is 51.2 Å². The van der Waals surface area contributed by atoms with Crippen LogP contribution < -0.4 is 4.74 Å². The zero-order chi connectivity index (χ0) is 19.2. The molecule has 0 bridgehead atoms. The summed E-state index contributed by atoms with van der Waals surface area (Å²) < 4.78 is 19.0. The van der Waals surface area contributed by atoms with Gasteiger partial charge in [0.2, 0.25) is 5.91 Å². The summed E-state index contributed by atoms with van der Waals surface area (Å²) in [4.78, 5) is 13.9. The van der Waals surface area contributed by atoms with E-state index in [0.717, 1.165) is 31.4 Å². The van der Waals surface area contributed by atoms with Gasteiger partial charge in [-0.25, -0.2) is 4.39 Å². The predicted octanol–water partition coefficient (Wildman–Crippen LogP) is 4.83. The van der Waals surface area contributed by atoms with Crippen LogP contribution in [0.25, 0.3) is 0 Å². The maximum absolute atomic E-state index is 13.3. The third-order valence-corrected chi connectivity index (χ3v) is 4.97. The second-order valence-electron chi connectivity index (χ2n) is 7.00. The predicted molar refractivity (Wildman–Crippen MR) is 102 cm³/mol. The van der Waals surface area contributed by atoms with Crippen LogP contribution in [-0.4, -0.2) is 28.5 Å². The highest BCUT2D eigenvalue weighted by Gasteiger charge is 2.30. The Balaban J connectivity index is 1.60. The Labute approximate surface area is 159 Å². The fraction of sp³-hybridized carbons (Fsp3) is 0.409. The van der Waals surface area contributed by atoms with Crippen LogP contribution in [0.2, 0.25) is 0 Å². The first-order valence-corrected chi connectivity index (χ1v) is 9.57. The monoisotopic (exact) mass is 371 g/mol. The minimum absolute atomic E-state index is 0.221. The lowest BCUT2D eigenvalue weighted by molar-refractivity contribution is -0.129. The zero-order valence-electron chi connectivity index (χ0n) is 15.6. The zero-order valence-corrected chi connectivity index (χ0v) is 15.6. The molecule has 0 aliphatic carbocycles. The Morgan fingerprint density at radius 1 is 1.22 bits per heavy atom. The van der Waals surface area contributed by atoms with Gasteiger partial charge in [-0.05, 0) is 55.5 Å². The number of likely N-dealkylation sites (tertiary alicyclic amines) is 1. The van der Waals surface area contributed by atoms with Gasteiger partial charge in [-0.3, -0.25) is 4.79 Å². The molecule has 1 N–H and O–H groups in total. The molecule has 1 amide bonds. The van der Waals surface area contributed by atoms with Gasteiger partial charge < -0.3 is 14.7 Å². The van der Waals surface area contributed by atoms with E-state index in [1.807, 2.05) is 17.0 Å². The maximum Gasteiger partial charge on any atom is 0.222 e. The quantitative estimate of drug-likeness (QED) is 0.723. The Bertz CT molecular complexity index is 780. The van der Waals surface area contributed by atoms with Gasteiger partial charge in [0.1, 0.15) is 17.3 Å². The van der Waals surface area contributed by atoms with Gasteiger partial charge in [-0.15, -0.1) is 0 Å². The molecule has 0 radical (unpaired) electrons. The summed E-state index contributed by atoms with van der Waals surface area (Å²) >= 11 is 0. The Kier molecular flexibility index (Phi) is 6.45. The van der Waals surface area contributed by atoms with Crippen molar-refractivity contribution in [3.8, 4) is 11.5 Å². The van der Waals surface area contributed by atoms with E-state index in [-0.39, 0.29) is 17.8 Å². The van der Waals surface area contributed by atoms with E-state index >= 15 is 0 Å². The third-order valence-electron chi connectivity index (χ3n) is 4.97. The molecular formula is C22H26FNO3. The molecule has 0 spiro atoms. The first-order valence-electron chi connectivity index (χ1n) is 9.57. The second kappa shape index (κ2) is 9.00. The van der Waals surface area contributed by atoms with Crippen molar-refractivity contribution >= 4 is 5.91 Å². The van der Waals surface area contributed by atoms with E-state index in [2.05, 4.69) is 6.92 Å². The van der Waals surface area contributed by atoms with Crippen molar-refractivity contribution < 1.29 is 19.0 Å². The Hall–Kier alpha value is -2.40. The lowest BCUT2D eigenvalue weighted by Crippen LogP contribution is -2.33. The molecule has 2 atom stereocenters. The van der Waals surface area contributed by atoms with E-state index in [1.54, 1.807) is 24.3 Å². The number of benzene rings is 2. The first kappa shape index (κ1) is 19.4. The number of rotatable bonds is 8. The molecule has 1 fully saturated rings. The summed E-state index contributed by atoms with van der Waals surface area (Å²) in [7, 11) is 0. The molecule has 144 valence electrons. The molecule has 0 aromatic heterocycles. The summed E-state index contributed by atoms with van der Waals surface area (Å²) in [6, 6.07) is 13.4. The van der Waals surface area contributed by atoms with E-state index in [1.165, 1.54) is 12.1 Å². The molecule has 1 aliphatic heterocycles. The van der Waals surface area contributed by atoms with Crippen molar-refractivity contribution in [1.29, 1.82) is 0 Å². The number of amides is 1. The lowest BCUT2D eigenvalue weighted by Gasteiger charge is -2.25. The number of hydrogen-bond acceptors (Lipinski definition) is 3. The number of halogens is 1. The minimum atomic E-state index is -0.625. The average Bonchev–Trinajstić information content (AvgIpc) is 3.00. The van der Waals surface area contributed by atoms with E-state index in [9.17, 15) is 14.3 Å². The molecule has 3 rings (SSSR count). The number of aliphatic hydroxyl groups is 1. The molecule has 1 heterocycles. The van der Waals surface area contributed by atoms with Crippen LogP contribution in [0.15, 0.2) is 48.5 Å². The van der Waals surface area contributed by atoms with Crippen LogP contribution in [-0.2, 0) is 4.79 Å². The molecule has 27 heavy (non-hydrogen) atoms. The van der Waals surface area contributed by atoms with Gasteiger partial charge in [-0.2, -0.15) is 0 Å². The van der Waals surface area contributed by atoms with Gasteiger partial charge in [-0.1, -0.05) is 25.1 Å². The van der Waals surface area contributed by atoms with Crippen molar-refractivity contribution in [2.75, 3.05) is 6.54 Å². The van der Waals surface area contributed by atoms with Crippen molar-refractivity contribution in [3.05, 3.63) is 59.9 Å². The number of carbonyl (C=O) groups excluding carboxylic acids is 1. The second-order valence-corrected chi connectivity index (χ2v) is 7.00. The molecule has 0 saturated carbocycles. The molecule has 5 heteroatoms. The average molecular weight is 371 g/mol. The van der Waals surface area contributed by atoms with Crippen LogP contribution in [0.3, 0.4) is 0 Å². The highest BCUT2D eigenvalue weighted by atomic mass is 19.1. The summed E-state index contributed by atoms with van der Waals surface area (Å²) in [5, 5.41) is 10.6. The third kappa shape index (κ3) is 5.07. The number of carbonyl (C=O) groups is 1. The van der Waals surface area contributed by atoms with Crippen molar-refractivity contribution in [2.24, 2.45) is 0 Å². The SMILES string of the molecule is CCCN1C(=O)CCC1CCC(O)c1cccc(Oc2cccc(F)c2)c1. The van der Waals surface area contributed by atoms with Gasteiger partial charge in [0.25, 0.3) is 0 Å². The van der Waals surface area contributed by atoms with Gasteiger partial charge in [0, 0.05) is 25.1 Å². The molecule has 2 aromatic rings. The van der Waals surface area contributed by atoms with E-state index in [0.29, 0.717) is 24.3 Å². The van der Waals surface area contributed by atoms with Crippen LogP contribution in [0.4, 0.5) is 4.39 Å². The van der Waals surface area contributed by atoms with Crippen molar-refractivity contribution in [1.82, 2.24) is 4.90 Å². The summed E-state index contributed by atoms with van der Waals surface area (Å²) in [6.07, 6.45) is 3.17. The highest BCUT2D eigenvalue weighted by Crippen LogP contribution is 2.29. The van der Waals surface area contributed by atoms with Crippen LogP contribution in [0.5, 0.6) is 11.5 Å².